The summed E-state index contributed by atoms with van der Waals surface area (Å²) in [4.78, 5) is 63.3. The van der Waals surface area contributed by atoms with Gasteiger partial charge < -0.3 is 37.0 Å². The molecule has 0 radical (unpaired) electrons. The number of carbonyl (C=O) groups excluding carboxylic acids is 4. The minimum absolute atomic E-state index is 0.262. The quantitative estimate of drug-likeness (QED) is 0.180. The molecule has 2 heterocycles. The van der Waals surface area contributed by atoms with Gasteiger partial charge in [-0.2, -0.15) is 0 Å². The van der Waals surface area contributed by atoms with Gasteiger partial charge in [0.2, 0.25) is 23.6 Å². The van der Waals surface area contributed by atoms with Crippen molar-refractivity contribution in [2.24, 2.45) is 5.73 Å². The Morgan fingerprint density at radius 2 is 1.74 bits per heavy atom. The number of carboxylic acid groups (broad SMARTS) is 1. The fraction of sp³-hybridized carbons (Fsp3) is 0.773. The van der Waals surface area contributed by atoms with E-state index in [2.05, 4.69) is 21.3 Å². The van der Waals surface area contributed by atoms with Gasteiger partial charge in [0.15, 0.2) is 0 Å². The summed E-state index contributed by atoms with van der Waals surface area (Å²) >= 11 is 0. The lowest BCUT2D eigenvalue weighted by Crippen LogP contribution is -2.57. The Labute approximate surface area is 199 Å². The SMILES string of the molecule is C[C@H](NC(=O)[C@@H]1CCCN1)C(=O)N[C@@H](CCCCN)C(=O)N[C@@H](C)C(=O)N1CCC[C@H]1C(=O)O. The molecule has 4 amide bonds. The van der Waals surface area contributed by atoms with Crippen LogP contribution in [0.5, 0.6) is 0 Å². The fourth-order valence-electron chi connectivity index (χ4n) is 4.26. The summed E-state index contributed by atoms with van der Waals surface area (Å²) in [6, 6.07) is -3.95. The van der Waals surface area contributed by atoms with E-state index in [9.17, 15) is 29.1 Å². The molecule has 0 aromatic carbocycles. The third kappa shape index (κ3) is 7.66. The van der Waals surface area contributed by atoms with Crippen LogP contribution < -0.4 is 27.0 Å². The molecule has 192 valence electrons. The molecule has 0 spiro atoms. The lowest BCUT2D eigenvalue weighted by atomic mass is 10.1. The van der Waals surface area contributed by atoms with Gasteiger partial charge in [-0.25, -0.2) is 4.79 Å². The van der Waals surface area contributed by atoms with Gasteiger partial charge in [-0.3, -0.25) is 19.2 Å². The van der Waals surface area contributed by atoms with E-state index in [4.69, 9.17) is 5.73 Å². The number of carboxylic acids is 1. The molecule has 34 heavy (non-hydrogen) atoms. The van der Waals surface area contributed by atoms with Crippen LogP contribution in [0.15, 0.2) is 0 Å². The minimum atomic E-state index is -1.07. The third-order valence-electron chi connectivity index (χ3n) is 6.26. The molecule has 0 saturated carbocycles. The summed E-state index contributed by atoms with van der Waals surface area (Å²) < 4.78 is 0. The number of carbonyl (C=O) groups is 5. The van der Waals surface area contributed by atoms with Crippen LogP contribution in [0, 0.1) is 0 Å². The molecular weight excluding hydrogens is 444 g/mol. The van der Waals surface area contributed by atoms with Gasteiger partial charge in [0.1, 0.15) is 24.2 Å². The molecule has 12 nitrogen and oxygen atoms in total. The minimum Gasteiger partial charge on any atom is -0.480 e. The maximum atomic E-state index is 12.9. The first-order valence-electron chi connectivity index (χ1n) is 12.0. The maximum absolute atomic E-state index is 12.9. The van der Waals surface area contributed by atoms with Crippen LogP contribution in [0.3, 0.4) is 0 Å². The van der Waals surface area contributed by atoms with Gasteiger partial charge in [-0.15, -0.1) is 0 Å². The van der Waals surface area contributed by atoms with E-state index in [1.165, 1.54) is 11.8 Å². The van der Waals surface area contributed by atoms with Crippen molar-refractivity contribution in [2.75, 3.05) is 19.6 Å². The predicted octanol–water partition coefficient (Wildman–Crippen LogP) is -1.56. The van der Waals surface area contributed by atoms with E-state index < -0.39 is 47.9 Å². The first-order chi connectivity index (χ1) is 16.1. The van der Waals surface area contributed by atoms with E-state index >= 15 is 0 Å². The zero-order valence-corrected chi connectivity index (χ0v) is 20.0. The van der Waals surface area contributed by atoms with Crippen molar-refractivity contribution >= 4 is 29.6 Å². The predicted molar refractivity (Wildman–Crippen MR) is 123 cm³/mol. The summed E-state index contributed by atoms with van der Waals surface area (Å²) in [5, 5.41) is 20.3. The van der Waals surface area contributed by atoms with Crippen molar-refractivity contribution in [3.63, 3.8) is 0 Å². The Kier molecular flexibility index (Phi) is 10.7. The van der Waals surface area contributed by atoms with E-state index in [1.807, 2.05) is 0 Å². The first kappa shape index (κ1) is 27.5. The summed E-state index contributed by atoms with van der Waals surface area (Å²) in [5.74, 6) is -2.87. The summed E-state index contributed by atoms with van der Waals surface area (Å²) in [7, 11) is 0. The molecule has 2 aliphatic rings. The summed E-state index contributed by atoms with van der Waals surface area (Å²) in [6.07, 6.45) is 4.10. The largest absolute Gasteiger partial charge is 0.480 e. The molecule has 7 N–H and O–H groups in total. The van der Waals surface area contributed by atoms with Crippen LogP contribution in [0.4, 0.5) is 0 Å². The smallest absolute Gasteiger partial charge is 0.326 e. The number of hydrogen-bond donors (Lipinski definition) is 6. The molecule has 0 aromatic rings. The highest BCUT2D eigenvalue weighted by Crippen LogP contribution is 2.18. The highest BCUT2D eigenvalue weighted by atomic mass is 16.4. The maximum Gasteiger partial charge on any atom is 0.326 e. The molecular formula is C22H38N6O6. The fourth-order valence-corrected chi connectivity index (χ4v) is 4.26. The van der Waals surface area contributed by atoms with Crippen molar-refractivity contribution in [1.82, 2.24) is 26.2 Å². The van der Waals surface area contributed by atoms with Gasteiger partial charge in [-0.1, -0.05) is 0 Å². The zero-order valence-electron chi connectivity index (χ0n) is 20.0. The molecule has 2 rings (SSSR count). The van der Waals surface area contributed by atoms with E-state index in [-0.39, 0.29) is 11.9 Å². The van der Waals surface area contributed by atoms with Crippen LogP contribution in [-0.4, -0.2) is 89.4 Å². The number of nitrogens with one attached hydrogen (secondary N) is 4. The number of nitrogens with zero attached hydrogens (tertiary/aromatic N) is 1. The Morgan fingerprint density at radius 3 is 2.35 bits per heavy atom. The number of amides is 4. The molecule has 0 unspecified atom stereocenters. The lowest BCUT2D eigenvalue weighted by molar-refractivity contribution is -0.149. The molecule has 12 heteroatoms. The average Bonchev–Trinajstić information content (AvgIpc) is 3.50. The van der Waals surface area contributed by atoms with Gasteiger partial charge >= 0.3 is 5.97 Å². The Balaban J connectivity index is 1.96. The summed E-state index contributed by atoms with van der Waals surface area (Å²) in [6.45, 7) is 4.54. The first-order valence-corrected chi connectivity index (χ1v) is 12.0. The van der Waals surface area contributed by atoms with Gasteiger partial charge in [0, 0.05) is 6.54 Å². The normalized spacial score (nSPS) is 22.5. The third-order valence-corrected chi connectivity index (χ3v) is 6.26. The van der Waals surface area contributed by atoms with E-state index in [1.54, 1.807) is 6.92 Å². The van der Waals surface area contributed by atoms with Crippen LogP contribution >= 0.6 is 0 Å². The highest BCUT2D eigenvalue weighted by molar-refractivity contribution is 5.95. The number of nitrogens with two attached hydrogens (primary N) is 1. The molecule has 0 bridgehead atoms. The standard InChI is InChI=1S/C22H38N6O6/c1-13(25-19(30)15-8-5-11-24-15)18(29)27-16(7-3-4-10-23)20(31)26-14(2)21(32)28-12-6-9-17(28)22(33)34/h13-17,24H,3-12,23H2,1-2H3,(H,25,30)(H,26,31)(H,27,29)(H,33,34)/t13-,14-,15-,16-,17-/m0/s1. The summed E-state index contributed by atoms with van der Waals surface area (Å²) in [5.41, 5.74) is 5.54. The van der Waals surface area contributed by atoms with Crippen LogP contribution in [0.1, 0.15) is 58.8 Å². The second-order valence-electron chi connectivity index (χ2n) is 8.98. The highest BCUT2D eigenvalue weighted by Gasteiger charge is 2.37. The molecule has 2 fully saturated rings. The monoisotopic (exact) mass is 482 g/mol. The van der Waals surface area contributed by atoms with E-state index in [0.29, 0.717) is 51.6 Å². The molecule has 0 aromatic heterocycles. The van der Waals surface area contributed by atoms with Crippen molar-refractivity contribution in [1.29, 1.82) is 0 Å². The number of likely N-dealkylation sites (tertiary alicyclic amines) is 1. The molecule has 2 saturated heterocycles. The van der Waals surface area contributed by atoms with E-state index in [0.717, 1.165) is 13.0 Å². The van der Waals surface area contributed by atoms with Gasteiger partial charge in [0.05, 0.1) is 6.04 Å². The Morgan fingerprint density at radius 1 is 1.00 bits per heavy atom. The Bertz CT molecular complexity index is 756. The average molecular weight is 483 g/mol. The number of unbranched alkanes of at least 4 members (excludes halogenated alkanes) is 1. The van der Waals surface area contributed by atoms with Crippen LogP contribution in [0.25, 0.3) is 0 Å². The van der Waals surface area contributed by atoms with Crippen LogP contribution in [-0.2, 0) is 24.0 Å². The second kappa shape index (κ2) is 13.2. The zero-order chi connectivity index (χ0) is 25.3. The molecule has 0 aliphatic carbocycles. The number of hydrogen-bond acceptors (Lipinski definition) is 7. The second-order valence-corrected chi connectivity index (χ2v) is 8.98. The van der Waals surface area contributed by atoms with Gasteiger partial charge in [0.25, 0.3) is 0 Å². The molecule has 5 atom stereocenters. The van der Waals surface area contributed by atoms with Crippen molar-refractivity contribution < 1.29 is 29.1 Å². The van der Waals surface area contributed by atoms with Crippen molar-refractivity contribution in [2.45, 2.75) is 89.0 Å². The van der Waals surface area contributed by atoms with Crippen molar-refractivity contribution in [3.8, 4) is 0 Å². The lowest BCUT2D eigenvalue weighted by Gasteiger charge is -2.27. The molecule has 2 aliphatic heterocycles. The Hall–Kier alpha value is -2.73. The topological polar surface area (TPSA) is 183 Å². The van der Waals surface area contributed by atoms with Gasteiger partial charge in [-0.05, 0) is 71.9 Å². The number of rotatable bonds is 12. The van der Waals surface area contributed by atoms with Crippen molar-refractivity contribution in [3.05, 3.63) is 0 Å². The number of aliphatic carboxylic acids is 1. The van der Waals surface area contributed by atoms with Crippen LogP contribution in [0.2, 0.25) is 0 Å².